The van der Waals surface area contributed by atoms with E-state index in [4.69, 9.17) is 9.47 Å². The number of nitrogens with zero attached hydrogens (tertiary/aromatic N) is 3. The van der Waals surface area contributed by atoms with E-state index in [1.54, 1.807) is 13.1 Å². The molecule has 0 amide bonds. The number of rotatable bonds is 3. The molecule has 0 spiro atoms. The zero-order chi connectivity index (χ0) is 21.0. The standard InChI is InChI=1S/C22H26FN3O4/c1-3-30-22(28)16-10-26(13-4-5-13)19-15(21(16)27)8-18(23)20-17(19)12-29-11-14-9-24(2)6-7-25(14)20/h8,10,13-14H,3-7,9,11-12H2,1-2H3/t14-/m0/s1. The van der Waals surface area contributed by atoms with E-state index in [0.29, 0.717) is 29.9 Å². The van der Waals surface area contributed by atoms with E-state index in [-0.39, 0.29) is 36.2 Å². The Morgan fingerprint density at radius 1 is 1.30 bits per heavy atom. The quantitative estimate of drug-likeness (QED) is 0.717. The zero-order valence-electron chi connectivity index (χ0n) is 17.3. The number of anilines is 1. The second-order valence-corrected chi connectivity index (χ2v) is 8.44. The number of benzene rings is 1. The van der Waals surface area contributed by atoms with Gasteiger partial charge in [-0.3, -0.25) is 4.79 Å². The minimum absolute atomic E-state index is 0.0392. The molecule has 8 heteroatoms. The predicted molar refractivity (Wildman–Crippen MR) is 111 cm³/mol. The van der Waals surface area contributed by atoms with E-state index in [0.717, 1.165) is 25.9 Å². The van der Waals surface area contributed by atoms with Crippen molar-refractivity contribution in [2.24, 2.45) is 0 Å². The molecule has 0 unspecified atom stereocenters. The molecule has 3 aliphatic rings. The van der Waals surface area contributed by atoms with Gasteiger partial charge in [-0.25, -0.2) is 9.18 Å². The number of hydrogen-bond donors (Lipinski definition) is 0. The van der Waals surface area contributed by atoms with Gasteiger partial charge in [0, 0.05) is 42.8 Å². The van der Waals surface area contributed by atoms with Crippen molar-refractivity contribution in [1.82, 2.24) is 9.47 Å². The van der Waals surface area contributed by atoms with Crippen LogP contribution in [-0.2, 0) is 16.1 Å². The highest BCUT2D eigenvalue weighted by molar-refractivity contribution is 5.96. The first-order valence-electron chi connectivity index (χ1n) is 10.6. The van der Waals surface area contributed by atoms with Crippen molar-refractivity contribution in [3.05, 3.63) is 39.4 Å². The van der Waals surface area contributed by atoms with Crippen molar-refractivity contribution in [3.63, 3.8) is 0 Å². The Balaban J connectivity index is 1.76. The van der Waals surface area contributed by atoms with Crippen LogP contribution in [0.15, 0.2) is 17.1 Å². The summed E-state index contributed by atoms with van der Waals surface area (Å²) >= 11 is 0. The number of likely N-dealkylation sites (N-methyl/N-ethyl adjacent to an activating group) is 1. The summed E-state index contributed by atoms with van der Waals surface area (Å²) in [6.45, 7) is 4.96. The third kappa shape index (κ3) is 3.09. The monoisotopic (exact) mass is 415 g/mol. The summed E-state index contributed by atoms with van der Waals surface area (Å²) in [5, 5.41) is 0.222. The van der Waals surface area contributed by atoms with Gasteiger partial charge in [0.25, 0.3) is 0 Å². The van der Waals surface area contributed by atoms with Crippen LogP contribution in [0.4, 0.5) is 10.1 Å². The molecule has 2 aromatic rings. The van der Waals surface area contributed by atoms with Gasteiger partial charge in [0.05, 0.1) is 37.1 Å². The summed E-state index contributed by atoms with van der Waals surface area (Å²) in [6, 6.07) is 1.57. The highest BCUT2D eigenvalue weighted by Crippen LogP contribution is 2.41. The van der Waals surface area contributed by atoms with Crippen molar-refractivity contribution >= 4 is 22.6 Å². The van der Waals surface area contributed by atoms with Crippen LogP contribution in [-0.4, -0.2) is 61.4 Å². The van der Waals surface area contributed by atoms with Crippen molar-refractivity contribution < 1.29 is 18.7 Å². The maximum absolute atomic E-state index is 15.5. The van der Waals surface area contributed by atoms with E-state index in [9.17, 15) is 9.59 Å². The van der Waals surface area contributed by atoms with E-state index in [1.165, 1.54) is 6.07 Å². The lowest BCUT2D eigenvalue weighted by atomic mass is 10.0. The molecule has 0 N–H and O–H groups in total. The Morgan fingerprint density at radius 2 is 2.10 bits per heavy atom. The van der Waals surface area contributed by atoms with Crippen LogP contribution in [0.3, 0.4) is 0 Å². The number of piperazine rings is 1. The van der Waals surface area contributed by atoms with Gasteiger partial charge in [0.1, 0.15) is 11.4 Å². The average molecular weight is 415 g/mol. The second kappa shape index (κ2) is 7.35. The van der Waals surface area contributed by atoms with Crippen molar-refractivity contribution in [3.8, 4) is 0 Å². The molecular formula is C22H26FN3O4. The molecule has 1 saturated carbocycles. The number of esters is 1. The number of carbonyl (C=O) groups is 1. The molecule has 0 bridgehead atoms. The van der Waals surface area contributed by atoms with Gasteiger partial charge in [-0.15, -0.1) is 0 Å². The molecule has 3 heterocycles. The van der Waals surface area contributed by atoms with Crippen LogP contribution in [0.25, 0.3) is 10.9 Å². The lowest BCUT2D eigenvalue weighted by Gasteiger charge is -2.40. The highest BCUT2D eigenvalue weighted by atomic mass is 19.1. The second-order valence-electron chi connectivity index (χ2n) is 8.44. The summed E-state index contributed by atoms with van der Waals surface area (Å²) in [6.07, 6.45) is 3.53. The molecular weight excluding hydrogens is 389 g/mol. The molecule has 0 radical (unpaired) electrons. The van der Waals surface area contributed by atoms with E-state index in [2.05, 4.69) is 16.8 Å². The van der Waals surface area contributed by atoms with Crippen molar-refractivity contribution in [2.75, 3.05) is 44.8 Å². The molecule has 2 fully saturated rings. The molecule has 1 aromatic heterocycles. The van der Waals surface area contributed by atoms with Crippen LogP contribution < -0.4 is 10.3 Å². The van der Waals surface area contributed by atoms with Crippen molar-refractivity contribution in [1.29, 1.82) is 0 Å². The lowest BCUT2D eigenvalue weighted by Crippen LogP contribution is -2.53. The topological polar surface area (TPSA) is 64.0 Å². The Labute approximate surface area is 174 Å². The van der Waals surface area contributed by atoms with Crippen LogP contribution in [0, 0.1) is 5.82 Å². The first-order valence-corrected chi connectivity index (χ1v) is 10.6. The normalized spacial score (nSPS) is 21.8. The third-order valence-electron chi connectivity index (χ3n) is 6.31. The van der Waals surface area contributed by atoms with Gasteiger partial charge in [-0.05, 0) is 32.9 Å². The summed E-state index contributed by atoms with van der Waals surface area (Å²) in [4.78, 5) is 29.9. The van der Waals surface area contributed by atoms with E-state index >= 15 is 4.39 Å². The number of halogens is 1. The zero-order valence-corrected chi connectivity index (χ0v) is 17.3. The maximum Gasteiger partial charge on any atom is 0.343 e. The average Bonchev–Trinajstić information content (AvgIpc) is 3.55. The fourth-order valence-corrected chi connectivity index (χ4v) is 4.74. The SMILES string of the molecule is CCOC(=O)c1cn(C2CC2)c2c3c(c(F)cc2c1=O)N1CCN(C)C[C@H]1COC3. The van der Waals surface area contributed by atoms with Gasteiger partial charge >= 0.3 is 5.97 Å². The Morgan fingerprint density at radius 3 is 2.83 bits per heavy atom. The molecule has 2 aliphatic heterocycles. The molecule has 1 aromatic carbocycles. The van der Waals surface area contributed by atoms with Crippen LogP contribution in [0.2, 0.25) is 0 Å². The summed E-state index contributed by atoms with van der Waals surface area (Å²) < 4.78 is 28.5. The number of ether oxygens (including phenoxy) is 2. The van der Waals surface area contributed by atoms with Crippen LogP contribution in [0.1, 0.15) is 41.7 Å². The first kappa shape index (κ1) is 19.5. The Kier molecular flexibility index (Phi) is 4.78. The molecule has 5 rings (SSSR count). The summed E-state index contributed by atoms with van der Waals surface area (Å²) in [5.41, 5.74) is 1.41. The smallest absolute Gasteiger partial charge is 0.343 e. The molecule has 1 saturated heterocycles. The summed E-state index contributed by atoms with van der Waals surface area (Å²) in [5.74, 6) is -1.09. The minimum Gasteiger partial charge on any atom is -0.462 e. The first-order chi connectivity index (χ1) is 14.5. The fourth-order valence-electron chi connectivity index (χ4n) is 4.74. The summed E-state index contributed by atoms with van der Waals surface area (Å²) in [7, 11) is 2.06. The predicted octanol–water partition coefficient (Wildman–Crippen LogP) is 2.30. The number of fused-ring (bicyclic) bond motifs is 5. The van der Waals surface area contributed by atoms with Crippen molar-refractivity contribution in [2.45, 2.75) is 38.5 Å². The maximum atomic E-state index is 15.5. The number of hydrogen-bond acceptors (Lipinski definition) is 6. The third-order valence-corrected chi connectivity index (χ3v) is 6.31. The number of carbonyl (C=O) groups excluding carboxylic acids is 1. The van der Waals surface area contributed by atoms with Crippen LogP contribution >= 0.6 is 0 Å². The molecule has 1 aliphatic carbocycles. The number of aromatic nitrogens is 1. The van der Waals surface area contributed by atoms with Gasteiger partial charge < -0.3 is 23.8 Å². The fraction of sp³-hybridized carbons (Fsp3) is 0.545. The molecule has 30 heavy (non-hydrogen) atoms. The largest absolute Gasteiger partial charge is 0.462 e. The van der Waals surface area contributed by atoms with Gasteiger partial charge in [0.15, 0.2) is 0 Å². The lowest BCUT2D eigenvalue weighted by molar-refractivity contribution is 0.0524. The Hall–Kier alpha value is -2.45. The Bertz CT molecular complexity index is 1080. The van der Waals surface area contributed by atoms with E-state index < -0.39 is 17.2 Å². The van der Waals surface area contributed by atoms with E-state index in [1.807, 2.05) is 4.57 Å². The minimum atomic E-state index is -0.662. The van der Waals surface area contributed by atoms with Crippen LogP contribution in [0.5, 0.6) is 0 Å². The highest BCUT2D eigenvalue weighted by Gasteiger charge is 2.35. The molecule has 160 valence electrons. The molecule has 1 atom stereocenters. The van der Waals surface area contributed by atoms with Gasteiger partial charge in [0.2, 0.25) is 5.43 Å². The van der Waals surface area contributed by atoms with Gasteiger partial charge in [-0.2, -0.15) is 0 Å². The van der Waals surface area contributed by atoms with Gasteiger partial charge in [-0.1, -0.05) is 0 Å². The molecule has 7 nitrogen and oxygen atoms in total. The number of pyridine rings is 1.